The average molecular weight is 348 g/mol. The van der Waals surface area contributed by atoms with Gasteiger partial charge in [-0.3, -0.25) is 4.79 Å². The van der Waals surface area contributed by atoms with Crippen LogP contribution < -0.4 is 16.0 Å². The fraction of sp³-hybridized carbons (Fsp3) is 0.556. The molecule has 138 valence electrons. The van der Waals surface area contributed by atoms with Gasteiger partial charge in [-0.15, -0.1) is 0 Å². The Morgan fingerprint density at radius 2 is 1.96 bits per heavy atom. The number of likely N-dealkylation sites (tertiary alicyclic amines) is 1. The molecule has 0 aromatic heterocycles. The van der Waals surface area contributed by atoms with Crippen molar-refractivity contribution in [2.45, 2.75) is 39.2 Å². The van der Waals surface area contributed by atoms with Crippen LogP contribution in [0.15, 0.2) is 18.2 Å². The Morgan fingerprint density at radius 3 is 2.64 bits per heavy atom. The van der Waals surface area contributed by atoms with Crippen LogP contribution in [0.1, 0.15) is 31.7 Å². The van der Waals surface area contributed by atoms with Gasteiger partial charge in [0, 0.05) is 30.9 Å². The minimum atomic E-state index is -0.583. The van der Waals surface area contributed by atoms with Crippen molar-refractivity contribution in [2.75, 3.05) is 36.8 Å². The van der Waals surface area contributed by atoms with E-state index in [1.165, 1.54) is 12.8 Å². The van der Waals surface area contributed by atoms with E-state index in [1.807, 2.05) is 13.0 Å². The maximum absolute atomic E-state index is 12.1. The highest BCUT2D eigenvalue weighted by molar-refractivity contribution is 5.94. The Hall–Kier alpha value is -2.12. The molecule has 1 aromatic rings. The number of rotatable bonds is 7. The summed E-state index contributed by atoms with van der Waals surface area (Å²) in [5, 5.41) is 18.2. The van der Waals surface area contributed by atoms with Crippen molar-refractivity contribution in [3.63, 3.8) is 0 Å². The number of benzene rings is 1. The molecule has 0 radical (unpaired) electrons. The zero-order valence-corrected chi connectivity index (χ0v) is 15.0. The molecule has 0 spiro atoms. The first kappa shape index (κ1) is 19.2. The second-order valence-electron chi connectivity index (χ2n) is 6.43. The quantitative estimate of drug-likeness (QED) is 0.606. The summed E-state index contributed by atoms with van der Waals surface area (Å²) in [4.78, 5) is 25.7. The molecule has 7 heteroatoms. The van der Waals surface area contributed by atoms with Gasteiger partial charge in [-0.05, 0) is 50.6 Å². The Labute approximate surface area is 148 Å². The summed E-state index contributed by atoms with van der Waals surface area (Å²) < 4.78 is 0. The smallest absolute Gasteiger partial charge is 0.319 e. The number of hydrogen-bond donors (Lipinski definition) is 4. The van der Waals surface area contributed by atoms with E-state index in [4.69, 9.17) is 0 Å². The molecule has 1 saturated heterocycles. The van der Waals surface area contributed by atoms with Gasteiger partial charge in [0.05, 0.1) is 6.10 Å². The summed E-state index contributed by atoms with van der Waals surface area (Å²) in [5.74, 6) is -0.0794. The molecule has 1 atom stereocenters. The highest BCUT2D eigenvalue weighted by atomic mass is 16.3. The Balaban J connectivity index is 1.82. The zero-order valence-electron chi connectivity index (χ0n) is 15.0. The standard InChI is InChI=1S/C18H28N4O3/c1-3-17(24)20-14-7-6-13(2)16(10-14)21-18(25)19-11-15(23)12-22-8-4-5-9-22/h6-7,10,15,23H,3-5,8-9,11-12H2,1-2H3,(H,20,24)(H2,19,21,25)/t15-/m0/s1. The third-order valence-corrected chi connectivity index (χ3v) is 4.26. The van der Waals surface area contributed by atoms with Gasteiger partial charge in [-0.1, -0.05) is 13.0 Å². The lowest BCUT2D eigenvalue weighted by Gasteiger charge is -2.20. The minimum absolute atomic E-state index is 0.0794. The van der Waals surface area contributed by atoms with Crippen molar-refractivity contribution in [1.29, 1.82) is 0 Å². The van der Waals surface area contributed by atoms with Gasteiger partial charge in [-0.2, -0.15) is 0 Å². The summed E-state index contributed by atoms with van der Waals surface area (Å²) in [6.07, 6.45) is 2.15. The third kappa shape index (κ3) is 6.36. The molecule has 1 aliphatic heterocycles. The number of aliphatic hydroxyl groups is 1. The summed E-state index contributed by atoms with van der Waals surface area (Å²) in [6.45, 7) is 6.47. The number of β-amino-alcohol motifs (C(OH)–C–C–N with tert-alkyl or cyclic N) is 1. The Kier molecular flexibility index (Phi) is 7.21. The summed E-state index contributed by atoms with van der Waals surface area (Å²) in [6, 6.07) is 4.99. The molecular weight excluding hydrogens is 320 g/mol. The topological polar surface area (TPSA) is 93.7 Å². The SMILES string of the molecule is CCC(=O)Nc1ccc(C)c(NC(=O)NC[C@H](O)CN2CCCC2)c1. The van der Waals surface area contributed by atoms with Crippen LogP contribution in [0.4, 0.5) is 16.2 Å². The van der Waals surface area contributed by atoms with E-state index in [0.29, 0.717) is 24.3 Å². The van der Waals surface area contributed by atoms with Gasteiger partial charge in [0.2, 0.25) is 5.91 Å². The van der Waals surface area contributed by atoms with Crippen molar-refractivity contribution < 1.29 is 14.7 Å². The zero-order chi connectivity index (χ0) is 18.2. The van der Waals surface area contributed by atoms with Crippen LogP contribution >= 0.6 is 0 Å². The second kappa shape index (κ2) is 9.39. The number of amides is 3. The van der Waals surface area contributed by atoms with E-state index in [2.05, 4.69) is 20.9 Å². The van der Waals surface area contributed by atoms with Crippen molar-refractivity contribution in [2.24, 2.45) is 0 Å². The molecule has 0 bridgehead atoms. The predicted molar refractivity (Wildman–Crippen MR) is 98.8 cm³/mol. The maximum Gasteiger partial charge on any atom is 0.319 e. The molecular formula is C18H28N4O3. The van der Waals surface area contributed by atoms with E-state index in [1.54, 1.807) is 19.1 Å². The highest BCUT2D eigenvalue weighted by Gasteiger charge is 2.16. The molecule has 1 aliphatic rings. The average Bonchev–Trinajstić information content (AvgIpc) is 3.09. The molecule has 4 N–H and O–H groups in total. The Bertz CT molecular complexity index is 600. The first-order valence-electron chi connectivity index (χ1n) is 8.83. The van der Waals surface area contributed by atoms with E-state index >= 15 is 0 Å². The first-order valence-corrected chi connectivity index (χ1v) is 8.83. The van der Waals surface area contributed by atoms with E-state index in [-0.39, 0.29) is 18.5 Å². The molecule has 3 amide bonds. The highest BCUT2D eigenvalue weighted by Crippen LogP contribution is 2.20. The lowest BCUT2D eigenvalue weighted by Crippen LogP contribution is -2.40. The number of nitrogens with one attached hydrogen (secondary N) is 3. The van der Waals surface area contributed by atoms with Crippen molar-refractivity contribution in [1.82, 2.24) is 10.2 Å². The Morgan fingerprint density at radius 1 is 1.24 bits per heavy atom. The largest absolute Gasteiger partial charge is 0.390 e. The molecule has 2 rings (SSSR count). The number of carbonyl (C=O) groups is 2. The summed E-state index contributed by atoms with van der Waals surface area (Å²) in [7, 11) is 0. The normalized spacial score (nSPS) is 15.6. The summed E-state index contributed by atoms with van der Waals surface area (Å²) >= 11 is 0. The van der Waals surface area contributed by atoms with E-state index in [0.717, 1.165) is 18.7 Å². The predicted octanol–water partition coefficient (Wildman–Crippen LogP) is 1.92. The molecule has 0 unspecified atom stereocenters. The number of aliphatic hydroxyl groups excluding tert-OH is 1. The maximum atomic E-state index is 12.1. The van der Waals surface area contributed by atoms with Crippen molar-refractivity contribution in [3.8, 4) is 0 Å². The molecule has 1 fully saturated rings. The molecule has 0 saturated carbocycles. The number of urea groups is 1. The van der Waals surface area contributed by atoms with Gasteiger partial charge in [-0.25, -0.2) is 4.79 Å². The van der Waals surface area contributed by atoms with Gasteiger partial charge in [0.15, 0.2) is 0 Å². The number of nitrogens with zero attached hydrogens (tertiary/aromatic N) is 1. The fourth-order valence-corrected chi connectivity index (χ4v) is 2.79. The van der Waals surface area contributed by atoms with Gasteiger partial charge < -0.3 is 26.0 Å². The molecule has 1 heterocycles. The van der Waals surface area contributed by atoms with Crippen molar-refractivity contribution in [3.05, 3.63) is 23.8 Å². The lowest BCUT2D eigenvalue weighted by molar-refractivity contribution is -0.115. The van der Waals surface area contributed by atoms with Crippen LogP contribution in [-0.4, -0.2) is 54.2 Å². The molecule has 0 aliphatic carbocycles. The monoisotopic (exact) mass is 348 g/mol. The number of anilines is 2. The second-order valence-corrected chi connectivity index (χ2v) is 6.43. The number of carbonyl (C=O) groups excluding carboxylic acids is 2. The van der Waals surface area contributed by atoms with Crippen LogP contribution in [-0.2, 0) is 4.79 Å². The van der Waals surface area contributed by atoms with Crippen LogP contribution in [0.2, 0.25) is 0 Å². The third-order valence-electron chi connectivity index (χ3n) is 4.26. The number of hydrogen-bond acceptors (Lipinski definition) is 4. The van der Waals surface area contributed by atoms with Crippen molar-refractivity contribution >= 4 is 23.3 Å². The number of aryl methyl sites for hydroxylation is 1. The van der Waals surface area contributed by atoms with E-state index in [9.17, 15) is 14.7 Å². The fourth-order valence-electron chi connectivity index (χ4n) is 2.79. The summed E-state index contributed by atoms with van der Waals surface area (Å²) in [5.41, 5.74) is 2.16. The van der Waals surface area contributed by atoms with Crippen LogP contribution in [0, 0.1) is 6.92 Å². The molecule has 7 nitrogen and oxygen atoms in total. The lowest BCUT2D eigenvalue weighted by atomic mass is 10.1. The van der Waals surface area contributed by atoms with Gasteiger partial charge in [0.1, 0.15) is 0 Å². The first-order chi connectivity index (χ1) is 12.0. The van der Waals surface area contributed by atoms with E-state index < -0.39 is 6.10 Å². The van der Waals surface area contributed by atoms with Crippen LogP contribution in [0.5, 0.6) is 0 Å². The van der Waals surface area contributed by atoms with Crippen LogP contribution in [0.3, 0.4) is 0 Å². The minimum Gasteiger partial charge on any atom is -0.390 e. The van der Waals surface area contributed by atoms with Crippen LogP contribution in [0.25, 0.3) is 0 Å². The van der Waals surface area contributed by atoms with Gasteiger partial charge >= 0.3 is 6.03 Å². The molecule has 1 aromatic carbocycles. The van der Waals surface area contributed by atoms with Gasteiger partial charge in [0.25, 0.3) is 0 Å². The molecule has 25 heavy (non-hydrogen) atoms.